The van der Waals surface area contributed by atoms with Crippen LogP contribution < -0.4 is 10.1 Å². The van der Waals surface area contributed by atoms with Crippen LogP contribution in [0.1, 0.15) is 18.6 Å². The Morgan fingerprint density at radius 2 is 1.83 bits per heavy atom. The van der Waals surface area contributed by atoms with Crippen molar-refractivity contribution in [1.82, 2.24) is 5.32 Å². The molecule has 0 fully saturated rings. The lowest BCUT2D eigenvalue weighted by molar-refractivity contribution is -0.127. The highest BCUT2D eigenvalue weighted by Crippen LogP contribution is 2.32. The van der Waals surface area contributed by atoms with Gasteiger partial charge in [-0.05, 0) is 24.6 Å². The van der Waals surface area contributed by atoms with E-state index in [0.717, 1.165) is 5.56 Å². The summed E-state index contributed by atoms with van der Waals surface area (Å²) in [6, 6.07) is 14.7. The normalized spacial score (nSPS) is 13.2. The van der Waals surface area contributed by atoms with Gasteiger partial charge in [0.2, 0.25) is 0 Å². The molecule has 0 saturated carbocycles. The second-order valence-electron chi connectivity index (χ2n) is 5.19. The first kappa shape index (κ1) is 18.6. The molecule has 6 heteroatoms. The minimum atomic E-state index is -0.714. The van der Waals surface area contributed by atoms with Crippen LogP contribution in [0.3, 0.4) is 0 Å². The third-order valence-electron chi connectivity index (χ3n) is 3.51. The Hall–Kier alpha value is -1.75. The summed E-state index contributed by atoms with van der Waals surface area (Å²) in [6.07, 6.45) is -0.939. The molecule has 0 radical (unpaired) electrons. The van der Waals surface area contributed by atoms with Crippen molar-refractivity contribution in [2.75, 3.05) is 13.7 Å². The average molecular weight is 368 g/mol. The lowest BCUT2D eigenvalue weighted by Crippen LogP contribution is -2.38. The van der Waals surface area contributed by atoms with E-state index in [-0.39, 0.29) is 17.0 Å². The first-order chi connectivity index (χ1) is 11.5. The third-order valence-corrected chi connectivity index (χ3v) is 4.31. The molecule has 2 atom stereocenters. The smallest absolute Gasteiger partial charge is 0.260 e. The number of hydrogen-bond acceptors (Lipinski definition) is 3. The summed E-state index contributed by atoms with van der Waals surface area (Å²) in [5, 5.41) is 3.49. The molecule has 0 aliphatic carbocycles. The van der Waals surface area contributed by atoms with Crippen LogP contribution >= 0.6 is 23.2 Å². The van der Waals surface area contributed by atoms with Crippen molar-refractivity contribution in [1.29, 1.82) is 0 Å². The zero-order chi connectivity index (χ0) is 17.5. The molecule has 1 amide bonds. The Kier molecular flexibility index (Phi) is 6.91. The van der Waals surface area contributed by atoms with E-state index in [2.05, 4.69) is 5.32 Å². The van der Waals surface area contributed by atoms with Crippen molar-refractivity contribution in [3.63, 3.8) is 0 Å². The fraction of sp³-hybridized carbons (Fsp3) is 0.278. The standard InChI is InChI=1S/C18H19Cl2NO3/c1-12(24-15-10-6-9-14(19)17(15)20)18(22)21-11-16(23-2)13-7-4-3-5-8-13/h3-10,12,16H,11H2,1-2H3,(H,21,22). The number of halogens is 2. The first-order valence-electron chi connectivity index (χ1n) is 7.49. The predicted molar refractivity (Wildman–Crippen MR) is 95.8 cm³/mol. The second-order valence-corrected chi connectivity index (χ2v) is 5.98. The van der Waals surface area contributed by atoms with Gasteiger partial charge in [0.1, 0.15) is 10.8 Å². The van der Waals surface area contributed by atoms with Gasteiger partial charge < -0.3 is 14.8 Å². The van der Waals surface area contributed by atoms with E-state index in [1.165, 1.54) is 0 Å². The number of ether oxygens (including phenoxy) is 2. The summed E-state index contributed by atoms with van der Waals surface area (Å²) in [6.45, 7) is 1.99. The summed E-state index contributed by atoms with van der Waals surface area (Å²) < 4.78 is 11.0. The van der Waals surface area contributed by atoms with E-state index >= 15 is 0 Å². The van der Waals surface area contributed by atoms with Gasteiger partial charge in [-0.3, -0.25) is 4.79 Å². The van der Waals surface area contributed by atoms with Gasteiger partial charge in [0.05, 0.1) is 11.1 Å². The average Bonchev–Trinajstić information content (AvgIpc) is 2.60. The number of rotatable bonds is 7. The van der Waals surface area contributed by atoms with Gasteiger partial charge in [0.15, 0.2) is 6.10 Å². The number of hydrogen-bond donors (Lipinski definition) is 1. The van der Waals surface area contributed by atoms with Crippen LogP contribution in [0.2, 0.25) is 10.0 Å². The van der Waals surface area contributed by atoms with Crippen molar-refractivity contribution in [2.24, 2.45) is 0 Å². The van der Waals surface area contributed by atoms with Crippen molar-refractivity contribution in [2.45, 2.75) is 19.1 Å². The van der Waals surface area contributed by atoms with Crippen LogP contribution in [0.15, 0.2) is 48.5 Å². The largest absolute Gasteiger partial charge is 0.479 e. The molecule has 0 bridgehead atoms. The van der Waals surface area contributed by atoms with Crippen molar-refractivity contribution >= 4 is 29.1 Å². The van der Waals surface area contributed by atoms with Crippen LogP contribution in [0.4, 0.5) is 0 Å². The first-order valence-corrected chi connectivity index (χ1v) is 8.24. The Bertz CT molecular complexity index is 679. The molecule has 2 aromatic rings. The highest BCUT2D eigenvalue weighted by molar-refractivity contribution is 6.42. The Balaban J connectivity index is 1.93. The molecule has 24 heavy (non-hydrogen) atoms. The highest BCUT2D eigenvalue weighted by Gasteiger charge is 2.19. The third kappa shape index (κ3) is 4.87. The topological polar surface area (TPSA) is 47.6 Å². The maximum absolute atomic E-state index is 12.2. The van der Waals surface area contributed by atoms with Crippen LogP contribution in [0.5, 0.6) is 5.75 Å². The maximum atomic E-state index is 12.2. The molecule has 0 saturated heterocycles. The second kappa shape index (κ2) is 8.92. The molecule has 1 N–H and O–H groups in total. The number of nitrogens with one attached hydrogen (secondary N) is 1. The van der Waals surface area contributed by atoms with Crippen LogP contribution in [-0.4, -0.2) is 25.7 Å². The number of carbonyl (C=O) groups excluding carboxylic acids is 1. The number of amides is 1. The summed E-state index contributed by atoms with van der Waals surface area (Å²) in [5.41, 5.74) is 0.992. The zero-order valence-corrected chi connectivity index (χ0v) is 15.0. The number of methoxy groups -OCH3 is 1. The molecule has 0 aliphatic rings. The van der Waals surface area contributed by atoms with E-state index in [1.54, 1.807) is 32.2 Å². The van der Waals surface area contributed by atoms with Crippen molar-refractivity contribution in [3.8, 4) is 5.75 Å². The molecular formula is C18H19Cl2NO3. The molecule has 0 heterocycles. The zero-order valence-electron chi connectivity index (χ0n) is 13.5. The molecule has 0 aromatic heterocycles. The highest BCUT2D eigenvalue weighted by atomic mass is 35.5. The fourth-order valence-electron chi connectivity index (χ4n) is 2.16. The minimum absolute atomic E-state index is 0.225. The van der Waals surface area contributed by atoms with Gasteiger partial charge in [0, 0.05) is 13.7 Å². The number of benzene rings is 2. The lowest BCUT2D eigenvalue weighted by atomic mass is 10.1. The molecular weight excluding hydrogens is 349 g/mol. The molecule has 0 aliphatic heterocycles. The van der Waals surface area contributed by atoms with Gasteiger partial charge >= 0.3 is 0 Å². The maximum Gasteiger partial charge on any atom is 0.260 e. The lowest BCUT2D eigenvalue weighted by Gasteiger charge is -2.19. The summed E-state index contributed by atoms with van der Waals surface area (Å²) in [4.78, 5) is 12.2. The van der Waals surface area contributed by atoms with E-state index in [9.17, 15) is 4.79 Å². The summed E-state index contributed by atoms with van der Waals surface area (Å²) in [5.74, 6) is 0.113. The number of carbonyl (C=O) groups is 1. The predicted octanol–water partition coefficient (Wildman–Crippen LogP) is 4.26. The van der Waals surface area contributed by atoms with Crippen molar-refractivity contribution < 1.29 is 14.3 Å². The summed E-state index contributed by atoms with van der Waals surface area (Å²) in [7, 11) is 1.61. The van der Waals surface area contributed by atoms with Crippen LogP contribution in [0, 0.1) is 0 Å². The molecule has 4 nitrogen and oxygen atoms in total. The molecule has 2 aromatic carbocycles. The molecule has 2 rings (SSSR count). The van der Waals surface area contributed by atoms with Gasteiger partial charge in [-0.25, -0.2) is 0 Å². The summed E-state index contributed by atoms with van der Waals surface area (Å²) >= 11 is 12.0. The minimum Gasteiger partial charge on any atom is -0.479 e. The fourth-order valence-corrected chi connectivity index (χ4v) is 2.50. The van der Waals surface area contributed by atoms with Gasteiger partial charge in [-0.2, -0.15) is 0 Å². The van der Waals surface area contributed by atoms with Crippen molar-refractivity contribution in [3.05, 3.63) is 64.1 Å². The molecule has 0 spiro atoms. The Labute approximate surface area is 151 Å². The Morgan fingerprint density at radius 1 is 1.12 bits per heavy atom. The Morgan fingerprint density at radius 3 is 2.50 bits per heavy atom. The van der Waals surface area contributed by atoms with E-state index < -0.39 is 6.10 Å². The van der Waals surface area contributed by atoms with Gasteiger partial charge in [0.25, 0.3) is 5.91 Å². The van der Waals surface area contributed by atoms with Gasteiger partial charge in [-0.15, -0.1) is 0 Å². The van der Waals surface area contributed by atoms with Crippen LogP contribution in [-0.2, 0) is 9.53 Å². The van der Waals surface area contributed by atoms with Crippen LogP contribution in [0.25, 0.3) is 0 Å². The SMILES string of the molecule is COC(CNC(=O)C(C)Oc1cccc(Cl)c1Cl)c1ccccc1. The van der Waals surface area contributed by atoms with E-state index in [4.69, 9.17) is 32.7 Å². The van der Waals surface area contributed by atoms with Gasteiger partial charge in [-0.1, -0.05) is 59.6 Å². The quantitative estimate of drug-likeness (QED) is 0.794. The molecule has 2 unspecified atom stereocenters. The van der Waals surface area contributed by atoms with E-state index in [1.807, 2.05) is 30.3 Å². The van der Waals surface area contributed by atoms with E-state index in [0.29, 0.717) is 17.3 Å². The monoisotopic (exact) mass is 367 g/mol. The molecule has 128 valence electrons.